The first-order valence-electron chi connectivity index (χ1n) is 9.84. The summed E-state index contributed by atoms with van der Waals surface area (Å²) in [6.45, 7) is 1.98. The molecule has 6 nitrogen and oxygen atoms in total. The molecule has 0 aliphatic carbocycles. The number of H-pyrrole nitrogens is 1. The number of aryl methyl sites for hydroxylation is 1. The molecule has 1 heterocycles. The summed E-state index contributed by atoms with van der Waals surface area (Å²) in [6.07, 6.45) is 1.85. The van der Waals surface area contributed by atoms with Gasteiger partial charge in [0.1, 0.15) is 0 Å². The van der Waals surface area contributed by atoms with Crippen molar-refractivity contribution >= 4 is 28.7 Å². The van der Waals surface area contributed by atoms with Crippen LogP contribution in [0, 0.1) is 6.92 Å². The molecule has 0 atom stereocenters. The van der Waals surface area contributed by atoms with Crippen molar-refractivity contribution in [2.24, 2.45) is 0 Å². The molecule has 156 valence electrons. The number of nitrogens with zero attached hydrogens (tertiary/aromatic N) is 1. The van der Waals surface area contributed by atoms with Gasteiger partial charge in [-0.2, -0.15) is 0 Å². The highest BCUT2D eigenvalue weighted by molar-refractivity contribution is 6.01. The van der Waals surface area contributed by atoms with Gasteiger partial charge in [-0.05, 0) is 55.0 Å². The van der Waals surface area contributed by atoms with Gasteiger partial charge in [0.15, 0.2) is 17.3 Å². The van der Waals surface area contributed by atoms with Crippen molar-refractivity contribution in [2.45, 2.75) is 6.92 Å². The summed E-state index contributed by atoms with van der Waals surface area (Å²) in [4.78, 5) is 20.9. The fraction of sp³-hybridized carbons (Fsp3) is 0.120. The SMILES string of the molecule is COc1ccc(C=C(NC(=O)c2ccc(C)cc2)c2nc3ccccc3[nH]2)cc1OC. The van der Waals surface area contributed by atoms with E-state index in [9.17, 15) is 4.79 Å². The Labute approximate surface area is 180 Å². The van der Waals surface area contributed by atoms with Gasteiger partial charge in [0, 0.05) is 5.56 Å². The van der Waals surface area contributed by atoms with Gasteiger partial charge in [0.25, 0.3) is 5.91 Å². The Bertz CT molecular complexity index is 1220. The molecule has 0 radical (unpaired) electrons. The first-order valence-corrected chi connectivity index (χ1v) is 9.84. The Morgan fingerprint density at radius 3 is 2.42 bits per heavy atom. The normalized spacial score (nSPS) is 11.4. The molecule has 0 fully saturated rings. The standard InChI is InChI=1S/C25H23N3O3/c1-16-8-11-18(12-9-16)25(29)28-21(24-26-19-6-4-5-7-20(19)27-24)14-17-10-13-22(30-2)23(15-17)31-3/h4-15H,1-3H3,(H,26,27)(H,28,29). The summed E-state index contributed by atoms with van der Waals surface area (Å²) in [5, 5.41) is 3.00. The molecule has 0 saturated carbocycles. The summed E-state index contributed by atoms with van der Waals surface area (Å²) >= 11 is 0. The Kier molecular flexibility index (Phi) is 5.71. The maximum absolute atomic E-state index is 12.9. The van der Waals surface area contributed by atoms with E-state index in [-0.39, 0.29) is 5.91 Å². The smallest absolute Gasteiger partial charge is 0.255 e. The minimum Gasteiger partial charge on any atom is -0.493 e. The fourth-order valence-electron chi connectivity index (χ4n) is 3.25. The van der Waals surface area contributed by atoms with Crippen LogP contribution in [0.2, 0.25) is 0 Å². The number of rotatable bonds is 6. The third-order valence-electron chi connectivity index (χ3n) is 4.93. The van der Waals surface area contributed by atoms with Crippen LogP contribution in [0.25, 0.3) is 22.8 Å². The summed E-state index contributed by atoms with van der Waals surface area (Å²) in [7, 11) is 3.18. The van der Waals surface area contributed by atoms with Crippen LogP contribution in [0.5, 0.6) is 11.5 Å². The average molecular weight is 413 g/mol. The van der Waals surface area contributed by atoms with E-state index in [2.05, 4.69) is 15.3 Å². The molecular formula is C25H23N3O3. The predicted octanol–water partition coefficient (Wildman–Crippen LogP) is 4.82. The number of imidazole rings is 1. The van der Waals surface area contributed by atoms with Crippen LogP contribution >= 0.6 is 0 Å². The number of ether oxygens (including phenoxy) is 2. The van der Waals surface area contributed by atoms with Crippen molar-refractivity contribution in [3.05, 3.63) is 89.2 Å². The van der Waals surface area contributed by atoms with E-state index >= 15 is 0 Å². The highest BCUT2D eigenvalue weighted by Gasteiger charge is 2.14. The summed E-state index contributed by atoms with van der Waals surface area (Å²) in [5.41, 5.74) is 4.75. The van der Waals surface area contributed by atoms with Gasteiger partial charge < -0.3 is 19.8 Å². The zero-order valence-corrected chi connectivity index (χ0v) is 17.6. The van der Waals surface area contributed by atoms with Gasteiger partial charge in [-0.3, -0.25) is 4.79 Å². The maximum atomic E-state index is 12.9. The van der Waals surface area contributed by atoms with Crippen molar-refractivity contribution in [2.75, 3.05) is 14.2 Å². The summed E-state index contributed by atoms with van der Waals surface area (Å²) < 4.78 is 10.7. The number of nitrogens with one attached hydrogen (secondary N) is 2. The van der Waals surface area contributed by atoms with Crippen molar-refractivity contribution in [1.82, 2.24) is 15.3 Å². The van der Waals surface area contributed by atoms with Crippen LogP contribution in [-0.2, 0) is 0 Å². The van der Waals surface area contributed by atoms with E-state index in [1.165, 1.54) is 0 Å². The third-order valence-corrected chi connectivity index (χ3v) is 4.93. The van der Waals surface area contributed by atoms with Gasteiger partial charge in [0.05, 0.1) is 31.0 Å². The van der Waals surface area contributed by atoms with E-state index in [0.29, 0.717) is 28.6 Å². The molecule has 0 bridgehead atoms. The second-order valence-corrected chi connectivity index (χ2v) is 7.10. The molecule has 1 aromatic heterocycles. The maximum Gasteiger partial charge on any atom is 0.255 e. The second kappa shape index (κ2) is 8.75. The zero-order valence-electron chi connectivity index (χ0n) is 17.6. The molecule has 4 rings (SSSR count). The van der Waals surface area contributed by atoms with E-state index in [0.717, 1.165) is 22.2 Å². The number of carbonyl (C=O) groups is 1. The summed E-state index contributed by atoms with van der Waals surface area (Å²) in [5.74, 6) is 1.59. The van der Waals surface area contributed by atoms with Gasteiger partial charge in [-0.15, -0.1) is 0 Å². The Balaban J connectivity index is 1.75. The molecule has 0 spiro atoms. The van der Waals surface area contributed by atoms with Crippen LogP contribution in [0.3, 0.4) is 0 Å². The molecule has 0 saturated heterocycles. The van der Waals surface area contributed by atoms with Crippen LogP contribution in [-0.4, -0.2) is 30.1 Å². The van der Waals surface area contributed by atoms with E-state index in [4.69, 9.17) is 9.47 Å². The van der Waals surface area contributed by atoms with Crippen LogP contribution in [0.1, 0.15) is 27.3 Å². The molecule has 0 aliphatic rings. The number of aromatic amines is 1. The highest BCUT2D eigenvalue weighted by Crippen LogP contribution is 2.29. The minimum absolute atomic E-state index is 0.216. The number of aromatic nitrogens is 2. The largest absolute Gasteiger partial charge is 0.493 e. The Morgan fingerprint density at radius 1 is 0.968 bits per heavy atom. The van der Waals surface area contributed by atoms with Gasteiger partial charge in [-0.25, -0.2) is 4.98 Å². The number of carbonyl (C=O) groups excluding carboxylic acids is 1. The van der Waals surface area contributed by atoms with Crippen LogP contribution in [0.4, 0.5) is 0 Å². The number of methoxy groups -OCH3 is 2. The lowest BCUT2D eigenvalue weighted by molar-refractivity contribution is 0.0973. The molecule has 1 amide bonds. The first-order chi connectivity index (χ1) is 15.1. The molecule has 2 N–H and O–H groups in total. The quantitative estimate of drug-likeness (QED) is 0.475. The lowest BCUT2D eigenvalue weighted by Crippen LogP contribution is -2.22. The minimum atomic E-state index is -0.216. The third kappa shape index (κ3) is 4.43. The second-order valence-electron chi connectivity index (χ2n) is 7.10. The lowest BCUT2D eigenvalue weighted by atomic mass is 10.1. The lowest BCUT2D eigenvalue weighted by Gasteiger charge is -2.11. The van der Waals surface area contributed by atoms with E-state index < -0.39 is 0 Å². The van der Waals surface area contributed by atoms with E-state index in [1.807, 2.05) is 67.6 Å². The van der Waals surface area contributed by atoms with Crippen molar-refractivity contribution < 1.29 is 14.3 Å². The van der Waals surface area contributed by atoms with Crippen LogP contribution < -0.4 is 14.8 Å². The molecule has 0 aliphatic heterocycles. The monoisotopic (exact) mass is 413 g/mol. The number of hydrogen-bond donors (Lipinski definition) is 2. The number of fused-ring (bicyclic) bond motifs is 1. The van der Waals surface area contributed by atoms with E-state index in [1.54, 1.807) is 26.4 Å². The molecular weight excluding hydrogens is 390 g/mol. The predicted molar refractivity (Wildman–Crippen MR) is 122 cm³/mol. The summed E-state index contributed by atoms with van der Waals surface area (Å²) in [6, 6.07) is 20.7. The molecule has 31 heavy (non-hydrogen) atoms. The highest BCUT2D eigenvalue weighted by atomic mass is 16.5. The average Bonchev–Trinajstić information content (AvgIpc) is 3.23. The number of benzene rings is 3. The number of amides is 1. The fourth-order valence-corrected chi connectivity index (χ4v) is 3.25. The Hall–Kier alpha value is -4.06. The van der Waals surface area contributed by atoms with Gasteiger partial charge in [0.2, 0.25) is 0 Å². The zero-order chi connectivity index (χ0) is 21.8. The number of hydrogen-bond acceptors (Lipinski definition) is 4. The van der Waals surface area contributed by atoms with Gasteiger partial charge >= 0.3 is 0 Å². The van der Waals surface area contributed by atoms with Crippen LogP contribution in [0.15, 0.2) is 66.7 Å². The van der Waals surface area contributed by atoms with Crippen molar-refractivity contribution in [1.29, 1.82) is 0 Å². The molecule has 3 aromatic carbocycles. The topological polar surface area (TPSA) is 76.2 Å². The number of para-hydroxylation sites is 2. The van der Waals surface area contributed by atoms with Crippen molar-refractivity contribution in [3.8, 4) is 11.5 Å². The van der Waals surface area contributed by atoms with Crippen molar-refractivity contribution in [3.63, 3.8) is 0 Å². The first kappa shape index (κ1) is 20.2. The molecule has 0 unspecified atom stereocenters. The Morgan fingerprint density at radius 2 is 1.71 bits per heavy atom. The molecule has 4 aromatic rings. The molecule has 6 heteroatoms. The van der Waals surface area contributed by atoms with Gasteiger partial charge in [-0.1, -0.05) is 35.9 Å².